The molecule has 0 fully saturated rings. The standard InChI is InChI=1S/C16H11FO2S/c1-19-16(18)10-6-7-15-12(8-10)13(9-20-15)11-4-2-3-5-14(11)17/h2-9H,1H3. The van der Waals surface area contributed by atoms with E-state index in [1.54, 1.807) is 30.3 Å². The number of hydrogen-bond donors (Lipinski definition) is 0. The van der Waals surface area contributed by atoms with E-state index >= 15 is 0 Å². The molecular weight excluding hydrogens is 275 g/mol. The molecular formula is C16H11FO2S. The van der Waals surface area contributed by atoms with Crippen molar-refractivity contribution in [2.45, 2.75) is 0 Å². The molecule has 0 unspecified atom stereocenters. The minimum atomic E-state index is -0.391. The highest BCUT2D eigenvalue weighted by Gasteiger charge is 2.13. The molecule has 1 heterocycles. The molecule has 0 atom stereocenters. The Labute approximate surface area is 119 Å². The number of ether oxygens (including phenoxy) is 1. The van der Waals surface area contributed by atoms with Gasteiger partial charge in [0.25, 0.3) is 0 Å². The predicted octanol–water partition coefficient (Wildman–Crippen LogP) is 4.49. The summed E-state index contributed by atoms with van der Waals surface area (Å²) in [6.07, 6.45) is 0. The van der Waals surface area contributed by atoms with Crippen LogP contribution in [0.5, 0.6) is 0 Å². The van der Waals surface area contributed by atoms with E-state index in [4.69, 9.17) is 4.74 Å². The lowest BCUT2D eigenvalue weighted by atomic mass is 10.0. The van der Waals surface area contributed by atoms with Crippen LogP contribution in [0.1, 0.15) is 10.4 Å². The highest BCUT2D eigenvalue weighted by molar-refractivity contribution is 7.17. The lowest BCUT2D eigenvalue weighted by molar-refractivity contribution is 0.0601. The summed E-state index contributed by atoms with van der Waals surface area (Å²) in [7, 11) is 1.35. The van der Waals surface area contributed by atoms with Gasteiger partial charge in [0.1, 0.15) is 5.82 Å². The number of carbonyl (C=O) groups excluding carboxylic acids is 1. The van der Waals surface area contributed by atoms with Crippen LogP contribution in [0.3, 0.4) is 0 Å². The summed E-state index contributed by atoms with van der Waals surface area (Å²) in [6.45, 7) is 0. The maximum atomic E-state index is 13.9. The lowest BCUT2D eigenvalue weighted by Crippen LogP contribution is -2.00. The van der Waals surface area contributed by atoms with Crippen LogP contribution in [0.4, 0.5) is 4.39 Å². The van der Waals surface area contributed by atoms with E-state index in [0.717, 1.165) is 15.6 Å². The fourth-order valence-electron chi connectivity index (χ4n) is 2.16. The Kier molecular flexibility index (Phi) is 3.24. The van der Waals surface area contributed by atoms with Crippen LogP contribution < -0.4 is 0 Å². The first-order chi connectivity index (χ1) is 9.70. The van der Waals surface area contributed by atoms with Gasteiger partial charge in [-0.05, 0) is 29.6 Å². The van der Waals surface area contributed by atoms with Crippen molar-refractivity contribution in [1.82, 2.24) is 0 Å². The van der Waals surface area contributed by atoms with E-state index in [2.05, 4.69) is 0 Å². The van der Waals surface area contributed by atoms with Gasteiger partial charge in [-0.1, -0.05) is 18.2 Å². The Morgan fingerprint density at radius 3 is 2.70 bits per heavy atom. The average Bonchev–Trinajstić information content (AvgIpc) is 2.90. The molecule has 0 aliphatic rings. The van der Waals surface area contributed by atoms with Crippen molar-refractivity contribution in [2.24, 2.45) is 0 Å². The third-order valence-corrected chi connectivity index (χ3v) is 4.12. The number of halogens is 1. The van der Waals surface area contributed by atoms with Crippen LogP contribution in [0, 0.1) is 5.82 Å². The van der Waals surface area contributed by atoms with Crippen LogP contribution in [-0.4, -0.2) is 13.1 Å². The Balaban J connectivity index is 2.22. The van der Waals surface area contributed by atoms with E-state index in [9.17, 15) is 9.18 Å². The van der Waals surface area contributed by atoms with Crippen molar-refractivity contribution in [1.29, 1.82) is 0 Å². The highest BCUT2D eigenvalue weighted by atomic mass is 32.1. The summed E-state index contributed by atoms with van der Waals surface area (Å²) < 4.78 is 19.7. The monoisotopic (exact) mass is 286 g/mol. The number of hydrogen-bond acceptors (Lipinski definition) is 3. The number of thiophene rings is 1. The van der Waals surface area contributed by atoms with Gasteiger partial charge in [-0.3, -0.25) is 0 Å². The van der Waals surface area contributed by atoms with Crippen LogP contribution in [0.15, 0.2) is 47.8 Å². The molecule has 2 aromatic carbocycles. The van der Waals surface area contributed by atoms with E-state index in [0.29, 0.717) is 11.1 Å². The van der Waals surface area contributed by atoms with Gasteiger partial charge in [-0.15, -0.1) is 11.3 Å². The topological polar surface area (TPSA) is 26.3 Å². The van der Waals surface area contributed by atoms with Crippen molar-refractivity contribution in [2.75, 3.05) is 7.11 Å². The molecule has 0 spiro atoms. The zero-order valence-electron chi connectivity index (χ0n) is 10.7. The van der Waals surface area contributed by atoms with Crippen molar-refractivity contribution < 1.29 is 13.9 Å². The molecule has 0 saturated heterocycles. The zero-order chi connectivity index (χ0) is 14.1. The molecule has 3 rings (SSSR count). The average molecular weight is 286 g/mol. The van der Waals surface area contributed by atoms with Gasteiger partial charge in [0.15, 0.2) is 0 Å². The fourth-order valence-corrected chi connectivity index (χ4v) is 3.10. The predicted molar refractivity (Wildman–Crippen MR) is 78.6 cm³/mol. The summed E-state index contributed by atoms with van der Waals surface area (Å²) in [5.74, 6) is -0.659. The Morgan fingerprint density at radius 2 is 1.95 bits per heavy atom. The molecule has 1 aromatic heterocycles. The number of benzene rings is 2. The SMILES string of the molecule is COC(=O)c1ccc2scc(-c3ccccc3F)c2c1. The molecule has 0 aliphatic carbocycles. The maximum Gasteiger partial charge on any atom is 0.337 e. The normalized spacial score (nSPS) is 10.7. The Bertz CT molecular complexity index is 792. The second kappa shape index (κ2) is 5.06. The number of carbonyl (C=O) groups is 1. The third kappa shape index (κ3) is 2.08. The van der Waals surface area contributed by atoms with Crippen LogP contribution in [0.25, 0.3) is 21.2 Å². The molecule has 0 aliphatic heterocycles. The second-order valence-corrected chi connectivity index (χ2v) is 5.24. The van der Waals surface area contributed by atoms with Gasteiger partial charge in [0, 0.05) is 21.2 Å². The first-order valence-electron chi connectivity index (χ1n) is 6.05. The maximum absolute atomic E-state index is 13.9. The molecule has 0 bridgehead atoms. The van der Waals surface area contributed by atoms with Gasteiger partial charge in [0.05, 0.1) is 12.7 Å². The minimum absolute atomic E-state index is 0.268. The molecule has 0 N–H and O–H groups in total. The quantitative estimate of drug-likeness (QED) is 0.649. The van der Waals surface area contributed by atoms with Crippen molar-refractivity contribution in [3.63, 3.8) is 0 Å². The van der Waals surface area contributed by atoms with Crippen LogP contribution in [0.2, 0.25) is 0 Å². The molecule has 0 amide bonds. The Morgan fingerprint density at radius 1 is 1.15 bits per heavy atom. The van der Waals surface area contributed by atoms with Gasteiger partial charge >= 0.3 is 5.97 Å². The number of esters is 1. The molecule has 4 heteroatoms. The molecule has 2 nitrogen and oxygen atoms in total. The smallest absolute Gasteiger partial charge is 0.337 e. The summed E-state index contributed by atoms with van der Waals surface area (Å²) >= 11 is 1.53. The van der Waals surface area contributed by atoms with Crippen LogP contribution in [-0.2, 0) is 4.74 Å². The van der Waals surface area contributed by atoms with Crippen molar-refractivity contribution in [3.8, 4) is 11.1 Å². The summed E-state index contributed by atoms with van der Waals surface area (Å²) in [5.41, 5.74) is 1.81. The van der Waals surface area contributed by atoms with E-state index < -0.39 is 5.97 Å². The van der Waals surface area contributed by atoms with Crippen LogP contribution >= 0.6 is 11.3 Å². The largest absolute Gasteiger partial charge is 0.465 e. The van der Waals surface area contributed by atoms with E-state index in [1.807, 2.05) is 11.4 Å². The fraction of sp³-hybridized carbons (Fsp3) is 0.0625. The van der Waals surface area contributed by atoms with E-state index in [1.165, 1.54) is 24.5 Å². The molecule has 0 saturated carbocycles. The lowest BCUT2D eigenvalue weighted by Gasteiger charge is -2.03. The first kappa shape index (κ1) is 12.8. The molecule has 3 aromatic rings. The summed E-state index contributed by atoms with van der Waals surface area (Å²) in [4.78, 5) is 11.6. The van der Waals surface area contributed by atoms with Gasteiger partial charge < -0.3 is 4.74 Å². The third-order valence-electron chi connectivity index (χ3n) is 3.16. The number of fused-ring (bicyclic) bond motifs is 1. The minimum Gasteiger partial charge on any atom is -0.465 e. The van der Waals surface area contributed by atoms with Crippen molar-refractivity contribution in [3.05, 3.63) is 59.2 Å². The number of methoxy groups -OCH3 is 1. The van der Waals surface area contributed by atoms with Gasteiger partial charge in [0.2, 0.25) is 0 Å². The number of rotatable bonds is 2. The molecule has 0 radical (unpaired) electrons. The Hall–Kier alpha value is -2.20. The van der Waals surface area contributed by atoms with Gasteiger partial charge in [-0.25, -0.2) is 9.18 Å². The zero-order valence-corrected chi connectivity index (χ0v) is 11.5. The molecule has 100 valence electrons. The first-order valence-corrected chi connectivity index (χ1v) is 6.93. The highest BCUT2D eigenvalue weighted by Crippen LogP contribution is 2.35. The van der Waals surface area contributed by atoms with Crippen molar-refractivity contribution >= 4 is 27.4 Å². The molecule has 20 heavy (non-hydrogen) atoms. The second-order valence-electron chi connectivity index (χ2n) is 4.33. The summed E-state index contributed by atoms with van der Waals surface area (Å²) in [6, 6.07) is 12.0. The van der Waals surface area contributed by atoms with Gasteiger partial charge in [-0.2, -0.15) is 0 Å². The summed E-state index contributed by atoms with van der Waals surface area (Å²) in [5, 5.41) is 2.77. The van der Waals surface area contributed by atoms with E-state index in [-0.39, 0.29) is 5.82 Å².